The van der Waals surface area contributed by atoms with Crippen LogP contribution in [0.15, 0.2) is 24.7 Å². The molecular weight excluding hydrogens is 256 g/mol. The Bertz CT molecular complexity index is 625. The van der Waals surface area contributed by atoms with E-state index in [0.29, 0.717) is 17.4 Å². The molecule has 3 rings (SSSR count). The van der Waals surface area contributed by atoms with Crippen molar-refractivity contribution in [2.45, 2.75) is 39.0 Å². The molecule has 0 atom stereocenters. The lowest BCUT2D eigenvalue weighted by molar-refractivity contribution is 0.0459. The minimum Gasteiger partial charge on any atom is -0.456 e. The Morgan fingerprint density at radius 3 is 2.95 bits per heavy atom. The van der Waals surface area contributed by atoms with E-state index in [-0.39, 0.29) is 12.6 Å². The number of hydrogen-bond donors (Lipinski definition) is 1. The number of anilines is 1. The fourth-order valence-corrected chi connectivity index (χ4v) is 2.20. The van der Waals surface area contributed by atoms with Gasteiger partial charge in [-0.1, -0.05) is 0 Å². The van der Waals surface area contributed by atoms with Gasteiger partial charge in [-0.05, 0) is 25.8 Å². The topological polar surface area (TPSA) is 75.1 Å². The van der Waals surface area contributed by atoms with Crippen molar-refractivity contribution in [3.63, 3.8) is 0 Å². The number of nitrogens with two attached hydrogens (primary N) is 1. The quantitative estimate of drug-likeness (QED) is 0.846. The van der Waals surface area contributed by atoms with E-state index in [1.165, 1.54) is 0 Å². The summed E-state index contributed by atoms with van der Waals surface area (Å²) in [6.07, 6.45) is 7.59. The van der Waals surface area contributed by atoms with Crippen molar-refractivity contribution >= 4 is 11.7 Å². The highest BCUT2D eigenvalue weighted by Gasteiger charge is 2.28. The van der Waals surface area contributed by atoms with Gasteiger partial charge in [0.05, 0.1) is 11.9 Å². The summed E-state index contributed by atoms with van der Waals surface area (Å²) in [4.78, 5) is 12.1. The number of nitrogen functional groups attached to an aromatic ring is 1. The van der Waals surface area contributed by atoms with E-state index < -0.39 is 0 Å². The molecule has 1 aliphatic carbocycles. The molecule has 0 saturated heterocycles. The Balaban J connectivity index is 1.67. The predicted octanol–water partition coefficient (Wildman–Crippen LogP) is 1.98. The summed E-state index contributed by atoms with van der Waals surface area (Å²) < 4.78 is 9.06. The van der Waals surface area contributed by atoms with Crippen molar-refractivity contribution < 1.29 is 9.53 Å². The molecule has 2 heterocycles. The number of ether oxygens (including phenoxy) is 1. The minimum absolute atomic E-state index is 0.231. The van der Waals surface area contributed by atoms with Crippen LogP contribution in [0.2, 0.25) is 0 Å². The van der Waals surface area contributed by atoms with E-state index in [4.69, 9.17) is 10.5 Å². The second-order valence-corrected chi connectivity index (χ2v) is 5.08. The van der Waals surface area contributed by atoms with Gasteiger partial charge in [-0.3, -0.25) is 4.68 Å². The minimum atomic E-state index is -0.335. The molecule has 1 saturated carbocycles. The average Bonchev–Trinajstić information content (AvgIpc) is 3.05. The van der Waals surface area contributed by atoms with Crippen LogP contribution >= 0.6 is 0 Å². The summed E-state index contributed by atoms with van der Waals surface area (Å²) in [6, 6.07) is 2.08. The molecule has 0 radical (unpaired) electrons. The van der Waals surface area contributed by atoms with Gasteiger partial charge in [0.15, 0.2) is 0 Å². The summed E-state index contributed by atoms with van der Waals surface area (Å²) in [6.45, 7) is 3.04. The Labute approximate surface area is 117 Å². The predicted molar refractivity (Wildman–Crippen MR) is 74.1 cm³/mol. The maximum absolute atomic E-state index is 12.1. The largest absolute Gasteiger partial charge is 0.456 e. The molecule has 2 aromatic rings. The molecule has 0 unspecified atom stereocenters. The third-order valence-electron chi connectivity index (χ3n) is 3.40. The first-order valence-electron chi connectivity index (χ1n) is 6.83. The molecule has 0 bridgehead atoms. The van der Waals surface area contributed by atoms with Gasteiger partial charge in [-0.25, -0.2) is 4.79 Å². The molecule has 2 aromatic heterocycles. The number of hydrogen-bond acceptors (Lipinski definition) is 4. The van der Waals surface area contributed by atoms with Crippen LogP contribution in [0.25, 0.3) is 0 Å². The zero-order valence-corrected chi connectivity index (χ0v) is 11.5. The molecule has 2 N–H and O–H groups in total. The summed E-state index contributed by atoms with van der Waals surface area (Å²) >= 11 is 0. The molecule has 0 spiro atoms. The molecule has 1 aliphatic rings. The van der Waals surface area contributed by atoms with E-state index >= 15 is 0 Å². The van der Waals surface area contributed by atoms with E-state index in [9.17, 15) is 4.79 Å². The summed E-state index contributed by atoms with van der Waals surface area (Å²) in [5.74, 6) is -0.335. The van der Waals surface area contributed by atoms with E-state index in [1.54, 1.807) is 16.9 Å². The van der Waals surface area contributed by atoms with Gasteiger partial charge in [-0.15, -0.1) is 0 Å². The fraction of sp³-hybridized carbons (Fsp3) is 0.429. The molecule has 20 heavy (non-hydrogen) atoms. The van der Waals surface area contributed by atoms with Crippen molar-refractivity contribution in [2.75, 3.05) is 5.73 Å². The molecule has 1 fully saturated rings. The van der Waals surface area contributed by atoms with E-state index in [2.05, 4.69) is 5.10 Å². The average molecular weight is 274 g/mol. The standard InChI is InChI=1S/C14H18N4O2/c1-2-17-7-10(6-16-17)9-20-14(19)13-5-11(15)8-18(13)12-3-4-12/h5-8,12H,2-4,9,15H2,1H3. The zero-order valence-electron chi connectivity index (χ0n) is 11.5. The summed E-state index contributed by atoms with van der Waals surface area (Å²) in [7, 11) is 0. The summed E-state index contributed by atoms with van der Waals surface area (Å²) in [5.41, 5.74) is 7.79. The lowest BCUT2D eigenvalue weighted by Gasteiger charge is -2.07. The first-order valence-corrected chi connectivity index (χ1v) is 6.83. The fourth-order valence-electron chi connectivity index (χ4n) is 2.20. The van der Waals surface area contributed by atoms with Crippen molar-refractivity contribution in [3.05, 3.63) is 35.9 Å². The lowest BCUT2D eigenvalue weighted by atomic mass is 10.4. The first-order chi connectivity index (χ1) is 9.67. The SMILES string of the molecule is CCn1cc(COC(=O)c2cc(N)cn2C2CC2)cn1. The highest BCUT2D eigenvalue weighted by molar-refractivity contribution is 5.89. The van der Waals surface area contributed by atoms with Crippen LogP contribution in [0.5, 0.6) is 0 Å². The van der Waals surface area contributed by atoms with Crippen LogP contribution in [0, 0.1) is 0 Å². The van der Waals surface area contributed by atoms with Gasteiger partial charge in [0.25, 0.3) is 0 Å². The Morgan fingerprint density at radius 2 is 2.30 bits per heavy atom. The molecule has 106 valence electrons. The van der Waals surface area contributed by atoms with Gasteiger partial charge >= 0.3 is 5.97 Å². The van der Waals surface area contributed by atoms with Gasteiger partial charge in [0.2, 0.25) is 0 Å². The second kappa shape index (κ2) is 5.03. The van der Waals surface area contributed by atoms with Crippen molar-refractivity contribution in [3.8, 4) is 0 Å². The van der Waals surface area contributed by atoms with Gasteiger partial charge in [-0.2, -0.15) is 5.10 Å². The van der Waals surface area contributed by atoms with Crippen LogP contribution in [-0.4, -0.2) is 20.3 Å². The number of carbonyl (C=O) groups excluding carboxylic acids is 1. The van der Waals surface area contributed by atoms with Gasteiger partial charge < -0.3 is 15.0 Å². The second-order valence-electron chi connectivity index (χ2n) is 5.08. The first kappa shape index (κ1) is 12.8. The summed E-state index contributed by atoms with van der Waals surface area (Å²) in [5, 5.41) is 4.15. The van der Waals surface area contributed by atoms with Crippen LogP contribution in [0.3, 0.4) is 0 Å². The molecule has 6 nitrogen and oxygen atoms in total. The van der Waals surface area contributed by atoms with Crippen molar-refractivity contribution in [1.29, 1.82) is 0 Å². The Kier molecular flexibility index (Phi) is 3.22. The number of nitrogens with zero attached hydrogens (tertiary/aromatic N) is 3. The highest BCUT2D eigenvalue weighted by atomic mass is 16.5. The zero-order chi connectivity index (χ0) is 14.1. The van der Waals surface area contributed by atoms with Crippen LogP contribution in [-0.2, 0) is 17.9 Å². The van der Waals surface area contributed by atoms with Crippen LogP contribution < -0.4 is 5.73 Å². The van der Waals surface area contributed by atoms with Gasteiger partial charge in [0, 0.05) is 30.5 Å². The van der Waals surface area contributed by atoms with Crippen molar-refractivity contribution in [2.24, 2.45) is 0 Å². The molecule has 0 aromatic carbocycles. The number of aryl methyl sites for hydroxylation is 1. The highest BCUT2D eigenvalue weighted by Crippen LogP contribution is 2.37. The number of carbonyl (C=O) groups is 1. The third-order valence-corrected chi connectivity index (χ3v) is 3.40. The molecule has 0 amide bonds. The molecular formula is C14H18N4O2. The Morgan fingerprint density at radius 1 is 1.50 bits per heavy atom. The van der Waals surface area contributed by atoms with Crippen molar-refractivity contribution in [1.82, 2.24) is 14.3 Å². The molecule has 0 aliphatic heterocycles. The number of esters is 1. The number of aromatic nitrogens is 3. The van der Waals surface area contributed by atoms with E-state index in [0.717, 1.165) is 24.9 Å². The van der Waals surface area contributed by atoms with Gasteiger partial charge in [0.1, 0.15) is 12.3 Å². The smallest absolute Gasteiger partial charge is 0.355 e. The van der Waals surface area contributed by atoms with Crippen LogP contribution in [0.4, 0.5) is 5.69 Å². The monoisotopic (exact) mass is 274 g/mol. The molecule has 6 heteroatoms. The number of rotatable bonds is 5. The van der Waals surface area contributed by atoms with Crippen LogP contribution in [0.1, 0.15) is 41.9 Å². The Hall–Kier alpha value is -2.24. The lowest BCUT2D eigenvalue weighted by Crippen LogP contribution is -2.10. The normalized spacial score (nSPS) is 14.4. The maximum Gasteiger partial charge on any atom is 0.355 e. The van der Waals surface area contributed by atoms with E-state index in [1.807, 2.05) is 23.9 Å². The third kappa shape index (κ3) is 2.54. The maximum atomic E-state index is 12.1.